The molecule has 5 heteroatoms. The van der Waals surface area contributed by atoms with Crippen LogP contribution >= 0.6 is 23.2 Å². The first kappa shape index (κ1) is 12.0. The Labute approximate surface area is 108 Å². The quantitative estimate of drug-likeness (QED) is 0.864. The second kappa shape index (κ2) is 5.25. The van der Waals surface area contributed by atoms with Crippen molar-refractivity contribution in [1.82, 2.24) is 0 Å². The summed E-state index contributed by atoms with van der Waals surface area (Å²) in [6.07, 6.45) is 1.59. The zero-order valence-corrected chi connectivity index (χ0v) is 10.2. The molecule has 0 fully saturated rings. The van der Waals surface area contributed by atoms with Crippen LogP contribution in [0.5, 0.6) is 0 Å². The molecule has 0 saturated heterocycles. The molecule has 88 valence electrons. The first-order chi connectivity index (χ1) is 8.16. The number of benzene rings is 1. The van der Waals surface area contributed by atoms with Crippen molar-refractivity contribution in [3.8, 4) is 11.3 Å². The molecule has 0 aliphatic carbocycles. The molecule has 2 rings (SSSR count). The van der Waals surface area contributed by atoms with Crippen molar-refractivity contribution >= 4 is 34.8 Å². The zero-order chi connectivity index (χ0) is 12.3. The van der Waals surface area contributed by atoms with E-state index in [0.717, 1.165) is 11.3 Å². The lowest BCUT2D eigenvalue weighted by atomic mass is 10.1. The van der Waals surface area contributed by atoms with Gasteiger partial charge in [0.1, 0.15) is 5.76 Å². The third kappa shape index (κ3) is 3.02. The van der Waals surface area contributed by atoms with Crippen LogP contribution in [0.4, 0.5) is 5.69 Å². The van der Waals surface area contributed by atoms with Crippen molar-refractivity contribution in [2.45, 2.75) is 4.84 Å². The summed E-state index contributed by atoms with van der Waals surface area (Å²) >= 11 is 10.9. The second-order valence-corrected chi connectivity index (χ2v) is 4.44. The molecule has 0 atom stereocenters. The first-order valence-electron chi connectivity index (χ1n) is 4.90. The normalized spacial score (nSPS) is 10.5. The van der Waals surface area contributed by atoms with E-state index in [9.17, 15) is 4.79 Å². The number of hydrogen-bond donors (Lipinski definition) is 1. The largest absolute Gasteiger partial charge is 0.464 e. The minimum Gasteiger partial charge on any atom is -0.464 e. The number of carbonyl (C=O) groups excluding carboxylic acids is 1. The van der Waals surface area contributed by atoms with Gasteiger partial charge in [-0.25, -0.2) is 0 Å². The number of halogens is 2. The van der Waals surface area contributed by atoms with Gasteiger partial charge in [0.15, 0.2) is 4.84 Å². The van der Waals surface area contributed by atoms with E-state index >= 15 is 0 Å². The van der Waals surface area contributed by atoms with Gasteiger partial charge in [0, 0.05) is 11.3 Å². The fourth-order valence-electron chi connectivity index (χ4n) is 1.39. The topological polar surface area (TPSA) is 42.2 Å². The Bertz CT molecular complexity index is 509. The molecule has 0 spiro atoms. The van der Waals surface area contributed by atoms with Crippen LogP contribution in [0.15, 0.2) is 47.1 Å². The van der Waals surface area contributed by atoms with Crippen LogP contribution in [-0.2, 0) is 4.79 Å². The van der Waals surface area contributed by atoms with Gasteiger partial charge in [-0.1, -0.05) is 35.3 Å². The summed E-state index contributed by atoms with van der Waals surface area (Å²) in [4.78, 5) is 10.2. The lowest BCUT2D eigenvalue weighted by molar-refractivity contribution is -0.114. The van der Waals surface area contributed by atoms with E-state index in [0.29, 0.717) is 5.69 Å². The average molecular weight is 270 g/mol. The molecule has 2 aromatic rings. The predicted octanol–water partition coefficient (Wildman–Crippen LogP) is 3.69. The van der Waals surface area contributed by atoms with Crippen molar-refractivity contribution in [2.24, 2.45) is 0 Å². The van der Waals surface area contributed by atoms with Crippen molar-refractivity contribution in [2.75, 3.05) is 5.32 Å². The number of hydrogen-bond acceptors (Lipinski definition) is 2. The van der Waals surface area contributed by atoms with Gasteiger partial charge in [0.25, 0.3) is 5.91 Å². The Morgan fingerprint density at radius 3 is 2.71 bits per heavy atom. The van der Waals surface area contributed by atoms with Crippen molar-refractivity contribution in [3.05, 3.63) is 42.7 Å². The van der Waals surface area contributed by atoms with Crippen molar-refractivity contribution < 1.29 is 9.21 Å². The fourth-order valence-corrected chi connectivity index (χ4v) is 1.50. The summed E-state index contributed by atoms with van der Waals surface area (Å²) in [7, 11) is 0. The molecule has 17 heavy (non-hydrogen) atoms. The summed E-state index contributed by atoms with van der Waals surface area (Å²) in [6.45, 7) is 0. The van der Waals surface area contributed by atoms with Crippen LogP contribution < -0.4 is 5.32 Å². The molecule has 0 aliphatic rings. The average Bonchev–Trinajstić information content (AvgIpc) is 2.82. The lowest BCUT2D eigenvalue weighted by Crippen LogP contribution is -2.18. The number of anilines is 1. The van der Waals surface area contributed by atoms with Crippen LogP contribution in [0.25, 0.3) is 11.3 Å². The van der Waals surface area contributed by atoms with Gasteiger partial charge < -0.3 is 9.73 Å². The summed E-state index contributed by atoms with van der Waals surface area (Å²) in [6, 6.07) is 10.9. The van der Waals surface area contributed by atoms with Crippen LogP contribution in [0.1, 0.15) is 0 Å². The molecule has 0 aliphatic heterocycles. The predicted molar refractivity (Wildman–Crippen MR) is 68.3 cm³/mol. The Morgan fingerprint density at radius 2 is 2.06 bits per heavy atom. The Morgan fingerprint density at radius 1 is 1.24 bits per heavy atom. The zero-order valence-electron chi connectivity index (χ0n) is 8.69. The standard InChI is InChI=1S/C12H9Cl2NO2/c13-11(14)12(16)15-9-4-1-3-8(7-9)10-5-2-6-17-10/h1-7,11H,(H,15,16). The SMILES string of the molecule is O=C(Nc1cccc(-c2ccco2)c1)C(Cl)Cl. The van der Waals surface area contributed by atoms with Gasteiger partial charge in [-0.05, 0) is 24.3 Å². The van der Waals surface area contributed by atoms with Crippen LogP contribution in [0, 0.1) is 0 Å². The molecule has 1 heterocycles. The summed E-state index contributed by atoms with van der Waals surface area (Å²) < 4.78 is 5.26. The van der Waals surface area contributed by atoms with Crippen molar-refractivity contribution in [3.63, 3.8) is 0 Å². The molecule has 0 saturated carbocycles. The minimum atomic E-state index is -1.08. The smallest absolute Gasteiger partial charge is 0.257 e. The van der Waals surface area contributed by atoms with Gasteiger partial charge in [0.2, 0.25) is 0 Å². The maximum Gasteiger partial charge on any atom is 0.257 e. The second-order valence-electron chi connectivity index (χ2n) is 3.35. The third-order valence-corrected chi connectivity index (χ3v) is 2.53. The summed E-state index contributed by atoms with van der Waals surface area (Å²) in [5, 5.41) is 2.60. The maximum atomic E-state index is 11.3. The van der Waals surface area contributed by atoms with E-state index in [4.69, 9.17) is 27.6 Å². The lowest BCUT2D eigenvalue weighted by Gasteiger charge is -2.06. The monoisotopic (exact) mass is 269 g/mol. The molecule has 0 radical (unpaired) electrons. The van der Waals surface area contributed by atoms with E-state index in [-0.39, 0.29) is 0 Å². The molecule has 1 aromatic heterocycles. The molecule has 1 aromatic carbocycles. The number of alkyl halides is 2. The highest BCUT2D eigenvalue weighted by molar-refractivity contribution is 6.54. The van der Waals surface area contributed by atoms with E-state index in [1.54, 1.807) is 24.5 Å². The first-order valence-corrected chi connectivity index (χ1v) is 5.77. The van der Waals surface area contributed by atoms with Gasteiger partial charge in [-0.2, -0.15) is 0 Å². The third-order valence-electron chi connectivity index (χ3n) is 2.13. The molecule has 1 N–H and O–H groups in total. The Kier molecular flexibility index (Phi) is 3.71. The highest BCUT2D eigenvalue weighted by Crippen LogP contribution is 2.23. The van der Waals surface area contributed by atoms with Gasteiger partial charge in [-0.15, -0.1) is 0 Å². The van der Waals surface area contributed by atoms with Gasteiger partial charge in [-0.3, -0.25) is 4.79 Å². The fraction of sp³-hybridized carbons (Fsp3) is 0.0833. The number of amides is 1. The summed E-state index contributed by atoms with van der Waals surface area (Å²) in [5.41, 5.74) is 1.49. The molecule has 1 amide bonds. The highest BCUT2D eigenvalue weighted by atomic mass is 35.5. The van der Waals surface area contributed by atoms with E-state index in [2.05, 4.69) is 5.32 Å². The molecule has 3 nitrogen and oxygen atoms in total. The number of rotatable bonds is 3. The van der Waals surface area contributed by atoms with Crippen LogP contribution in [0.2, 0.25) is 0 Å². The van der Waals surface area contributed by atoms with E-state index in [1.807, 2.05) is 18.2 Å². The molecule has 0 bridgehead atoms. The molecular weight excluding hydrogens is 261 g/mol. The minimum absolute atomic E-state index is 0.454. The Balaban J connectivity index is 2.20. The van der Waals surface area contributed by atoms with Crippen molar-refractivity contribution in [1.29, 1.82) is 0 Å². The van der Waals surface area contributed by atoms with Crippen LogP contribution in [-0.4, -0.2) is 10.7 Å². The molecule has 0 unspecified atom stereocenters. The maximum absolute atomic E-state index is 11.3. The summed E-state index contributed by atoms with van der Waals surface area (Å²) in [5.74, 6) is 0.277. The van der Waals surface area contributed by atoms with Gasteiger partial charge >= 0.3 is 0 Å². The highest BCUT2D eigenvalue weighted by Gasteiger charge is 2.11. The van der Waals surface area contributed by atoms with Gasteiger partial charge in [0.05, 0.1) is 6.26 Å². The number of carbonyl (C=O) groups is 1. The number of furan rings is 1. The molecular formula is C12H9Cl2NO2. The Hall–Kier alpha value is -1.45. The van der Waals surface area contributed by atoms with Crippen LogP contribution in [0.3, 0.4) is 0 Å². The van der Waals surface area contributed by atoms with E-state index < -0.39 is 10.7 Å². The van der Waals surface area contributed by atoms with E-state index in [1.165, 1.54) is 0 Å². The number of nitrogens with one attached hydrogen (secondary N) is 1.